The zero-order chi connectivity index (χ0) is 18.6. The number of aryl methyl sites for hydroxylation is 1. The van der Waals surface area contributed by atoms with Crippen LogP contribution in [0.4, 0.5) is 5.00 Å². The molecule has 1 amide bonds. The summed E-state index contributed by atoms with van der Waals surface area (Å²) in [5, 5.41) is 14.2. The first-order valence-corrected chi connectivity index (χ1v) is 11.7. The van der Waals surface area contributed by atoms with Crippen LogP contribution < -0.4 is 5.32 Å². The van der Waals surface area contributed by atoms with Crippen molar-refractivity contribution in [3.63, 3.8) is 0 Å². The Morgan fingerprint density at radius 2 is 2.04 bits per heavy atom. The van der Waals surface area contributed by atoms with Gasteiger partial charge < -0.3 is 5.32 Å². The summed E-state index contributed by atoms with van der Waals surface area (Å²) in [6.45, 7) is 0. The standard InChI is InChI=1S/C22H24N2OS2/c23-14-19-18-11-10-15-6-4-5-9-17(15)21(18)27-22(19)24-20(25)12-13-26-16-7-2-1-3-8-16/h4-6,9,16H,1-3,7-8,10-13H2,(H,24,25). The Labute approximate surface area is 169 Å². The SMILES string of the molecule is N#Cc1c(NC(=O)CCSC2CCCCC2)sc2c1CCc1ccccc1-2. The van der Waals surface area contributed by atoms with Gasteiger partial charge in [0.2, 0.25) is 5.91 Å². The maximum absolute atomic E-state index is 12.5. The maximum Gasteiger partial charge on any atom is 0.225 e. The highest BCUT2D eigenvalue weighted by Crippen LogP contribution is 2.44. The third-order valence-corrected chi connectivity index (χ3v) is 8.08. The molecule has 2 aromatic rings. The number of carbonyl (C=O) groups excluding carboxylic acids is 1. The van der Waals surface area contributed by atoms with Crippen LogP contribution in [0.25, 0.3) is 10.4 Å². The molecular formula is C22H24N2OS2. The first kappa shape index (κ1) is 18.6. The number of nitriles is 1. The summed E-state index contributed by atoms with van der Waals surface area (Å²) < 4.78 is 0. The molecule has 0 radical (unpaired) electrons. The summed E-state index contributed by atoms with van der Waals surface area (Å²) in [4.78, 5) is 13.6. The average molecular weight is 397 g/mol. The fourth-order valence-corrected chi connectivity index (χ4v) is 6.67. The molecule has 0 unspecified atom stereocenters. The van der Waals surface area contributed by atoms with Crippen LogP contribution in [0.15, 0.2) is 24.3 Å². The molecule has 1 heterocycles. The Morgan fingerprint density at radius 1 is 1.22 bits per heavy atom. The van der Waals surface area contributed by atoms with Crippen molar-refractivity contribution in [3.05, 3.63) is 41.0 Å². The van der Waals surface area contributed by atoms with Gasteiger partial charge in [-0.3, -0.25) is 4.79 Å². The fraction of sp³-hybridized carbons (Fsp3) is 0.455. The zero-order valence-electron chi connectivity index (χ0n) is 15.4. The van der Waals surface area contributed by atoms with Gasteiger partial charge in [-0.05, 0) is 42.4 Å². The topological polar surface area (TPSA) is 52.9 Å². The maximum atomic E-state index is 12.5. The highest BCUT2D eigenvalue weighted by atomic mass is 32.2. The lowest BCUT2D eigenvalue weighted by molar-refractivity contribution is -0.115. The van der Waals surface area contributed by atoms with Crippen molar-refractivity contribution in [2.45, 2.75) is 56.6 Å². The van der Waals surface area contributed by atoms with Crippen molar-refractivity contribution in [2.75, 3.05) is 11.1 Å². The molecule has 2 aliphatic carbocycles. The van der Waals surface area contributed by atoms with E-state index in [1.54, 1.807) is 11.3 Å². The summed E-state index contributed by atoms with van der Waals surface area (Å²) in [6.07, 6.45) is 8.96. The third kappa shape index (κ3) is 4.07. The lowest BCUT2D eigenvalue weighted by Crippen LogP contribution is -2.14. The van der Waals surface area contributed by atoms with Crippen molar-refractivity contribution >= 4 is 34.0 Å². The number of thioether (sulfide) groups is 1. The number of anilines is 1. The molecule has 0 saturated heterocycles. The Hall–Kier alpha value is -1.77. The number of hydrogen-bond donors (Lipinski definition) is 1. The van der Waals surface area contributed by atoms with E-state index in [9.17, 15) is 10.1 Å². The van der Waals surface area contributed by atoms with E-state index in [4.69, 9.17) is 0 Å². The van der Waals surface area contributed by atoms with Crippen molar-refractivity contribution in [1.82, 2.24) is 0 Å². The Balaban J connectivity index is 1.43. The Kier molecular flexibility index (Phi) is 5.85. The molecule has 27 heavy (non-hydrogen) atoms. The predicted molar refractivity (Wildman–Crippen MR) is 114 cm³/mol. The summed E-state index contributed by atoms with van der Waals surface area (Å²) in [7, 11) is 0. The second-order valence-corrected chi connectivity index (χ2v) is 9.74. The summed E-state index contributed by atoms with van der Waals surface area (Å²) >= 11 is 3.50. The van der Waals surface area contributed by atoms with Gasteiger partial charge in [-0.1, -0.05) is 43.5 Å². The molecule has 3 nitrogen and oxygen atoms in total. The number of fused-ring (bicyclic) bond motifs is 3. The van der Waals surface area contributed by atoms with Gasteiger partial charge in [-0.2, -0.15) is 17.0 Å². The van der Waals surface area contributed by atoms with Crippen LogP contribution in [0.2, 0.25) is 0 Å². The van der Waals surface area contributed by atoms with E-state index < -0.39 is 0 Å². The monoisotopic (exact) mass is 396 g/mol. The summed E-state index contributed by atoms with van der Waals surface area (Å²) in [5.74, 6) is 0.897. The van der Waals surface area contributed by atoms with Gasteiger partial charge in [0.1, 0.15) is 11.1 Å². The van der Waals surface area contributed by atoms with Gasteiger partial charge in [0, 0.05) is 22.3 Å². The number of rotatable bonds is 5. The third-order valence-electron chi connectivity index (χ3n) is 5.51. The first-order valence-electron chi connectivity index (χ1n) is 9.81. The fourth-order valence-electron chi connectivity index (χ4n) is 4.09. The average Bonchev–Trinajstić information content (AvgIpc) is 3.06. The van der Waals surface area contributed by atoms with E-state index in [1.807, 2.05) is 17.8 Å². The second-order valence-electron chi connectivity index (χ2n) is 7.31. The van der Waals surface area contributed by atoms with Gasteiger partial charge in [0.15, 0.2) is 0 Å². The van der Waals surface area contributed by atoms with E-state index in [0.29, 0.717) is 12.0 Å². The number of nitrogens with one attached hydrogen (secondary N) is 1. The largest absolute Gasteiger partial charge is 0.317 e. The molecule has 0 aliphatic heterocycles. The second kappa shape index (κ2) is 8.50. The summed E-state index contributed by atoms with van der Waals surface area (Å²) in [5.41, 5.74) is 4.32. The van der Waals surface area contributed by atoms with E-state index in [1.165, 1.54) is 43.2 Å². The lowest BCUT2D eigenvalue weighted by atomic mass is 9.90. The number of thiophene rings is 1. The molecule has 4 rings (SSSR count). The van der Waals surface area contributed by atoms with Crippen LogP contribution in [-0.2, 0) is 17.6 Å². The van der Waals surface area contributed by atoms with Crippen LogP contribution >= 0.6 is 23.1 Å². The number of carbonyl (C=O) groups is 1. The molecule has 140 valence electrons. The molecule has 1 N–H and O–H groups in total. The van der Waals surface area contributed by atoms with E-state index in [-0.39, 0.29) is 5.91 Å². The van der Waals surface area contributed by atoms with Gasteiger partial charge >= 0.3 is 0 Å². The number of hydrogen-bond acceptors (Lipinski definition) is 4. The number of nitrogens with zero attached hydrogens (tertiary/aromatic N) is 1. The van der Waals surface area contributed by atoms with Crippen LogP contribution in [-0.4, -0.2) is 16.9 Å². The molecule has 0 atom stereocenters. The van der Waals surface area contributed by atoms with Crippen LogP contribution in [0.3, 0.4) is 0 Å². The Bertz CT molecular complexity index is 875. The molecule has 5 heteroatoms. The lowest BCUT2D eigenvalue weighted by Gasteiger charge is -2.20. The molecular weight excluding hydrogens is 372 g/mol. The van der Waals surface area contributed by atoms with Gasteiger partial charge in [0.05, 0.1) is 5.56 Å². The highest BCUT2D eigenvalue weighted by molar-refractivity contribution is 7.99. The zero-order valence-corrected chi connectivity index (χ0v) is 17.1. The van der Waals surface area contributed by atoms with Crippen molar-refractivity contribution < 1.29 is 4.79 Å². The molecule has 2 aliphatic rings. The van der Waals surface area contributed by atoms with E-state index >= 15 is 0 Å². The molecule has 1 fully saturated rings. The van der Waals surface area contributed by atoms with Gasteiger partial charge in [-0.25, -0.2) is 0 Å². The molecule has 0 bridgehead atoms. The van der Waals surface area contributed by atoms with Gasteiger partial charge in [-0.15, -0.1) is 11.3 Å². The normalized spacial score (nSPS) is 16.3. The molecule has 1 aromatic heterocycles. The van der Waals surface area contributed by atoms with Crippen LogP contribution in [0, 0.1) is 11.3 Å². The number of benzene rings is 1. The van der Waals surface area contributed by atoms with Gasteiger partial charge in [0.25, 0.3) is 0 Å². The quantitative estimate of drug-likeness (QED) is 0.697. The first-order chi connectivity index (χ1) is 13.3. The minimum absolute atomic E-state index is 0.0293. The molecule has 0 spiro atoms. The van der Waals surface area contributed by atoms with Crippen LogP contribution in [0.1, 0.15) is 55.2 Å². The van der Waals surface area contributed by atoms with Crippen molar-refractivity contribution in [3.8, 4) is 16.5 Å². The number of amides is 1. The minimum atomic E-state index is 0.0293. The van der Waals surface area contributed by atoms with Crippen molar-refractivity contribution in [1.29, 1.82) is 5.26 Å². The minimum Gasteiger partial charge on any atom is -0.317 e. The molecule has 1 saturated carbocycles. The van der Waals surface area contributed by atoms with E-state index in [0.717, 1.165) is 39.3 Å². The Morgan fingerprint density at radius 3 is 2.85 bits per heavy atom. The molecule has 1 aromatic carbocycles. The highest BCUT2D eigenvalue weighted by Gasteiger charge is 2.25. The van der Waals surface area contributed by atoms with E-state index in [2.05, 4.69) is 29.6 Å². The predicted octanol–water partition coefficient (Wildman–Crippen LogP) is 5.78. The summed E-state index contributed by atoms with van der Waals surface area (Å²) in [6, 6.07) is 10.7. The van der Waals surface area contributed by atoms with Crippen molar-refractivity contribution in [2.24, 2.45) is 0 Å². The smallest absolute Gasteiger partial charge is 0.225 e. The van der Waals surface area contributed by atoms with Crippen LogP contribution in [0.5, 0.6) is 0 Å².